The van der Waals surface area contributed by atoms with Crippen molar-refractivity contribution in [3.63, 3.8) is 0 Å². The lowest BCUT2D eigenvalue weighted by molar-refractivity contribution is -0.113. The molecule has 10 heteroatoms. The first-order valence-electron chi connectivity index (χ1n) is 7.76. The number of amides is 1. The van der Waals surface area contributed by atoms with Crippen LogP contribution in [0, 0.1) is 0 Å². The van der Waals surface area contributed by atoms with Crippen molar-refractivity contribution in [2.24, 2.45) is 0 Å². The van der Waals surface area contributed by atoms with E-state index in [1.807, 2.05) is 6.07 Å². The molecule has 2 aromatic carbocycles. The van der Waals surface area contributed by atoms with E-state index in [-0.39, 0.29) is 22.9 Å². The van der Waals surface area contributed by atoms with Crippen LogP contribution in [0.2, 0.25) is 0 Å². The monoisotopic (exact) mass is 385 g/mol. The van der Waals surface area contributed by atoms with Crippen molar-refractivity contribution in [2.75, 3.05) is 18.2 Å². The van der Waals surface area contributed by atoms with Gasteiger partial charge in [-0.3, -0.25) is 4.79 Å². The molecule has 0 aliphatic rings. The number of hydrogen-bond acceptors (Lipinski definition) is 7. The van der Waals surface area contributed by atoms with E-state index in [4.69, 9.17) is 9.84 Å². The topological polar surface area (TPSA) is 119 Å². The van der Waals surface area contributed by atoms with Gasteiger partial charge in [-0.05, 0) is 34.7 Å². The number of methoxy groups -OCH3 is 1. The number of aromatic carboxylic acids is 1. The molecular weight excluding hydrogens is 370 g/mol. The minimum atomic E-state index is -1.11. The van der Waals surface area contributed by atoms with Crippen molar-refractivity contribution in [3.05, 3.63) is 54.1 Å². The van der Waals surface area contributed by atoms with Crippen molar-refractivity contribution in [1.82, 2.24) is 20.2 Å². The van der Waals surface area contributed by atoms with Crippen molar-refractivity contribution in [2.45, 2.75) is 5.16 Å². The second-order valence-electron chi connectivity index (χ2n) is 5.26. The molecule has 0 aliphatic carbocycles. The number of aromatic nitrogens is 4. The fourth-order valence-corrected chi connectivity index (χ4v) is 2.96. The van der Waals surface area contributed by atoms with Crippen LogP contribution in [0.15, 0.2) is 53.7 Å². The number of rotatable bonds is 7. The first-order chi connectivity index (χ1) is 13.1. The number of nitrogens with zero attached hydrogens (tertiary/aromatic N) is 4. The Morgan fingerprint density at radius 3 is 2.81 bits per heavy atom. The first kappa shape index (κ1) is 18.4. The highest BCUT2D eigenvalue weighted by atomic mass is 32.2. The molecule has 9 nitrogen and oxygen atoms in total. The van der Waals surface area contributed by atoms with Crippen LogP contribution in [-0.4, -0.2) is 50.1 Å². The molecule has 0 bridgehead atoms. The molecular formula is C17H15N5O4S. The molecule has 0 fully saturated rings. The number of anilines is 1. The summed E-state index contributed by atoms with van der Waals surface area (Å²) in [6.07, 6.45) is 0. The number of ether oxygens (including phenoxy) is 1. The summed E-state index contributed by atoms with van der Waals surface area (Å²) < 4.78 is 6.68. The number of para-hydroxylation sites is 1. The lowest BCUT2D eigenvalue weighted by atomic mass is 10.2. The maximum atomic E-state index is 12.2. The van der Waals surface area contributed by atoms with Crippen molar-refractivity contribution in [3.8, 4) is 11.4 Å². The second-order valence-corrected chi connectivity index (χ2v) is 6.20. The highest BCUT2D eigenvalue weighted by Crippen LogP contribution is 2.22. The van der Waals surface area contributed by atoms with Gasteiger partial charge < -0.3 is 15.2 Å². The molecule has 0 radical (unpaired) electrons. The molecule has 1 aromatic heterocycles. The molecule has 0 unspecified atom stereocenters. The van der Waals surface area contributed by atoms with Gasteiger partial charge in [0, 0.05) is 6.07 Å². The van der Waals surface area contributed by atoms with Crippen LogP contribution >= 0.6 is 11.8 Å². The normalized spacial score (nSPS) is 10.4. The Balaban J connectivity index is 1.69. The van der Waals surface area contributed by atoms with Gasteiger partial charge in [-0.1, -0.05) is 30.0 Å². The third-order valence-electron chi connectivity index (χ3n) is 3.50. The highest BCUT2D eigenvalue weighted by Gasteiger charge is 2.15. The van der Waals surface area contributed by atoms with Crippen LogP contribution in [0.1, 0.15) is 10.4 Å². The molecule has 3 aromatic rings. The Bertz CT molecular complexity index is 975. The zero-order valence-electron chi connectivity index (χ0n) is 14.2. The second kappa shape index (κ2) is 8.32. The van der Waals surface area contributed by atoms with E-state index < -0.39 is 5.97 Å². The number of nitrogens with one attached hydrogen (secondary N) is 1. The number of carboxylic acid groups (broad SMARTS) is 1. The van der Waals surface area contributed by atoms with E-state index in [9.17, 15) is 9.59 Å². The van der Waals surface area contributed by atoms with Gasteiger partial charge >= 0.3 is 5.97 Å². The van der Waals surface area contributed by atoms with Gasteiger partial charge in [0.15, 0.2) is 0 Å². The van der Waals surface area contributed by atoms with Gasteiger partial charge in [-0.2, -0.15) is 4.68 Å². The summed E-state index contributed by atoms with van der Waals surface area (Å²) in [6, 6.07) is 13.4. The Hall–Kier alpha value is -3.40. The van der Waals surface area contributed by atoms with Crippen LogP contribution in [0.5, 0.6) is 5.75 Å². The summed E-state index contributed by atoms with van der Waals surface area (Å²) in [4.78, 5) is 23.4. The molecule has 27 heavy (non-hydrogen) atoms. The Morgan fingerprint density at radius 2 is 2.04 bits per heavy atom. The van der Waals surface area contributed by atoms with Crippen molar-refractivity contribution in [1.29, 1.82) is 0 Å². The summed E-state index contributed by atoms with van der Waals surface area (Å²) in [6.45, 7) is 0. The number of carboxylic acids is 1. The number of hydrogen-bond donors (Lipinski definition) is 2. The van der Waals surface area contributed by atoms with Crippen molar-refractivity contribution < 1.29 is 19.4 Å². The maximum absolute atomic E-state index is 12.2. The zero-order chi connectivity index (χ0) is 19.2. The van der Waals surface area contributed by atoms with Crippen LogP contribution in [0.3, 0.4) is 0 Å². The van der Waals surface area contributed by atoms with Crippen LogP contribution in [0.25, 0.3) is 5.69 Å². The zero-order valence-corrected chi connectivity index (χ0v) is 15.0. The van der Waals surface area contributed by atoms with Gasteiger partial charge in [0.1, 0.15) is 5.75 Å². The SMILES string of the molecule is COc1cccc(-n2nnnc2SCC(=O)Nc2ccccc2C(=O)O)c1. The van der Waals surface area contributed by atoms with Gasteiger partial charge in [-0.15, -0.1) is 5.10 Å². The van der Waals surface area contributed by atoms with Gasteiger partial charge in [-0.25, -0.2) is 4.79 Å². The lowest BCUT2D eigenvalue weighted by Crippen LogP contribution is -2.17. The molecule has 2 N–H and O–H groups in total. The summed E-state index contributed by atoms with van der Waals surface area (Å²) >= 11 is 1.13. The van der Waals surface area contributed by atoms with E-state index in [0.29, 0.717) is 16.6 Å². The van der Waals surface area contributed by atoms with E-state index in [0.717, 1.165) is 11.8 Å². The van der Waals surface area contributed by atoms with Crippen LogP contribution in [-0.2, 0) is 4.79 Å². The summed E-state index contributed by atoms with van der Waals surface area (Å²) in [7, 11) is 1.56. The number of thioether (sulfide) groups is 1. The van der Waals surface area contributed by atoms with E-state index in [1.54, 1.807) is 37.4 Å². The minimum Gasteiger partial charge on any atom is -0.497 e. The van der Waals surface area contributed by atoms with E-state index in [2.05, 4.69) is 20.8 Å². The molecule has 0 atom stereocenters. The molecule has 0 aliphatic heterocycles. The summed E-state index contributed by atoms with van der Waals surface area (Å²) in [5.74, 6) is -0.811. The number of tetrazole rings is 1. The number of carbonyl (C=O) groups is 2. The molecule has 1 heterocycles. The van der Waals surface area contributed by atoms with E-state index in [1.165, 1.54) is 16.8 Å². The summed E-state index contributed by atoms with van der Waals surface area (Å²) in [5, 5.41) is 23.7. The summed E-state index contributed by atoms with van der Waals surface area (Å²) in [5.41, 5.74) is 0.957. The maximum Gasteiger partial charge on any atom is 0.337 e. The van der Waals surface area contributed by atoms with Crippen LogP contribution in [0.4, 0.5) is 5.69 Å². The highest BCUT2D eigenvalue weighted by molar-refractivity contribution is 7.99. The Labute approximate surface area is 158 Å². The van der Waals surface area contributed by atoms with Gasteiger partial charge in [0.25, 0.3) is 0 Å². The predicted molar refractivity (Wildman–Crippen MR) is 98.5 cm³/mol. The van der Waals surface area contributed by atoms with E-state index >= 15 is 0 Å². The predicted octanol–water partition coefficient (Wildman–Crippen LogP) is 2.10. The fraction of sp³-hybridized carbons (Fsp3) is 0.118. The fourth-order valence-electron chi connectivity index (χ4n) is 2.27. The lowest BCUT2D eigenvalue weighted by Gasteiger charge is -2.08. The molecule has 138 valence electrons. The molecule has 0 spiro atoms. The van der Waals surface area contributed by atoms with Crippen LogP contribution < -0.4 is 10.1 Å². The number of carbonyl (C=O) groups excluding carboxylic acids is 1. The molecule has 1 amide bonds. The largest absolute Gasteiger partial charge is 0.497 e. The average molecular weight is 385 g/mol. The van der Waals surface area contributed by atoms with Gasteiger partial charge in [0.2, 0.25) is 11.1 Å². The Kier molecular flexibility index (Phi) is 5.67. The third-order valence-corrected chi connectivity index (χ3v) is 4.42. The number of benzene rings is 2. The molecule has 0 saturated heterocycles. The molecule has 0 saturated carbocycles. The van der Waals surface area contributed by atoms with Gasteiger partial charge in [0.05, 0.1) is 29.8 Å². The first-order valence-corrected chi connectivity index (χ1v) is 8.75. The van der Waals surface area contributed by atoms with Crippen molar-refractivity contribution >= 4 is 29.3 Å². The third kappa shape index (κ3) is 4.42. The Morgan fingerprint density at radius 1 is 1.22 bits per heavy atom. The quantitative estimate of drug-likeness (QED) is 0.594. The average Bonchev–Trinajstić information content (AvgIpc) is 3.15. The standard InChI is InChI=1S/C17H15N5O4S/c1-26-12-6-4-5-11(9-12)22-17(19-20-21-22)27-10-15(23)18-14-8-3-2-7-13(14)16(24)25/h2-9H,10H2,1H3,(H,18,23)(H,24,25). The molecule has 3 rings (SSSR count). The minimum absolute atomic E-state index is 0.0122. The smallest absolute Gasteiger partial charge is 0.337 e.